The number of methoxy groups -OCH3 is 1. The number of fused-ring (bicyclic) bond motifs is 1. The summed E-state index contributed by atoms with van der Waals surface area (Å²) in [6.07, 6.45) is 1.33. The van der Waals surface area contributed by atoms with Crippen LogP contribution in [0.15, 0.2) is 6.20 Å². The zero-order chi connectivity index (χ0) is 18.3. The lowest BCUT2D eigenvalue weighted by molar-refractivity contribution is -0.146. The standard InChI is InChI=1S/C17H27N3O4/c1-11-9-20-13(10-19(11)15(22)24-16(2,3)4)12(8-18-20)17(5,6)14(21)23-7/h8,11H,9-10H2,1-7H3/t11-/m0/s1. The van der Waals surface area contributed by atoms with Gasteiger partial charge in [-0.2, -0.15) is 5.10 Å². The lowest BCUT2D eigenvalue weighted by atomic mass is 9.84. The van der Waals surface area contributed by atoms with Crippen LogP contribution in [-0.2, 0) is 32.8 Å². The first-order chi connectivity index (χ1) is 11.0. The zero-order valence-corrected chi connectivity index (χ0v) is 15.5. The van der Waals surface area contributed by atoms with Crippen molar-refractivity contribution in [2.75, 3.05) is 7.11 Å². The second-order valence-electron chi connectivity index (χ2n) is 7.76. The van der Waals surface area contributed by atoms with E-state index in [0.717, 1.165) is 11.3 Å². The Labute approximate surface area is 142 Å². The number of hydrogen-bond donors (Lipinski definition) is 0. The van der Waals surface area contributed by atoms with Crippen LogP contribution in [0.4, 0.5) is 4.79 Å². The lowest BCUT2D eigenvalue weighted by Gasteiger charge is -2.36. The van der Waals surface area contributed by atoms with Crippen molar-refractivity contribution >= 4 is 12.1 Å². The Kier molecular flexibility index (Phi) is 4.65. The molecule has 0 radical (unpaired) electrons. The van der Waals surface area contributed by atoms with E-state index >= 15 is 0 Å². The molecule has 1 amide bonds. The van der Waals surface area contributed by atoms with E-state index in [1.165, 1.54) is 7.11 Å². The smallest absolute Gasteiger partial charge is 0.410 e. The fourth-order valence-electron chi connectivity index (χ4n) is 2.85. The van der Waals surface area contributed by atoms with Crippen molar-refractivity contribution in [1.29, 1.82) is 0 Å². The molecule has 1 atom stereocenters. The normalized spacial score (nSPS) is 18.1. The van der Waals surface area contributed by atoms with Gasteiger partial charge in [0, 0.05) is 5.56 Å². The van der Waals surface area contributed by atoms with E-state index in [4.69, 9.17) is 9.47 Å². The zero-order valence-electron chi connectivity index (χ0n) is 15.5. The van der Waals surface area contributed by atoms with Crippen molar-refractivity contribution in [3.8, 4) is 0 Å². The lowest BCUT2D eigenvalue weighted by Crippen LogP contribution is -2.47. The highest BCUT2D eigenvalue weighted by atomic mass is 16.6. The van der Waals surface area contributed by atoms with Crippen LogP contribution in [0, 0.1) is 0 Å². The molecule has 0 unspecified atom stereocenters. The van der Waals surface area contributed by atoms with Crippen LogP contribution in [0.2, 0.25) is 0 Å². The Morgan fingerprint density at radius 2 is 1.88 bits per heavy atom. The molecule has 7 nitrogen and oxygen atoms in total. The maximum atomic E-state index is 12.5. The summed E-state index contributed by atoms with van der Waals surface area (Å²) in [4.78, 5) is 26.3. The second kappa shape index (κ2) is 6.11. The van der Waals surface area contributed by atoms with Crippen molar-refractivity contribution in [1.82, 2.24) is 14.7 Å². The van der Waals surface area contributed by atoms with Crippen LogP contribution in [0.1, 0.15) is 52.8 Å². The van der Waals surface area contributed by atoms with Crippen LogP contribution in [0.3, 0.4) is 0 Å². The highest BCUT2D eigenvalue weighted by Gasteiger charge is 2.39. The van der Waals surface area contributed by atoms with Gasteiger partial charge in [-0.1, -0.05) is 0 Å². The first kappa shape index (κ1) is 18.3. The quantitative estimate of drug-likeness (QED) is 0.775. The summed E-state index contributed by atoms with van der Waals surface area (Å²) in [7, 11) is 1.37. The van der Waals surface area contributed by atoms with Gasteiger partial charge in [-0.25, -0.2) is 4.79 Å². The highest BCUT2D eigenvalue weighted by Crippen LogP contribution is 2.31. The first-order valence-corrected chi connectivity index (χ1v) is 8.10. The number of carbonyl (C=O) groups excluding carboxylic acids is 2. The molecule has 7 heteroatoms. The number of esters is 1. The molecular formula is C17H27N3O4. The number of ether oxygens (including phenoxy) is 2. The van der Waals surface area contributed by atoms with E-state index < -0.39 is 11.0 Å². The summed E-state index contributed by atoms with van der Waals surface area (Å²) < 4.78 is 12.3. The molecular weight excluding hydrogens is 310 g/mol. The molecule has 0 aliphatic carbocycles. The molecule has 0 spiro atoms. The molecule has 0 bridgehead atoms. The third-order valence-electron chi connectivity index (χ3n) is 4.24. The molecule has 134 valence electrons. The van der Waals surface area contributed by atoms with Crippen LogP contribution in [0.5, 0.6) is 0 Å². The van der Waals surface area contributed by atoms with Gasteiger partial charge in [-0.3, -0.25) is 14.4 Å². The van der Waals surface area contributed by atoms with Crippen LogP contribution in [0.25, 0.3) is 0 Å². The molecule has 1 aromatic rings. The van der Waals surface area contributed by atoms with Crippen molar-refractivity contribution < 1.29 is 19.1 Å². The van der Waals surface area contributed by atoms with Crippen LogP contribution >= 0.6 is 0 Å². The molecule has 1 aliphatic rings. The van der Waals surface area contributed by atoms with E-state index in [-0.39, 0.29) is 18.1 Å². The first-order valence-electron chi connectivity index (χ1n) is 8.10. The molecule has 0 saturated heterocycles. The fraction of sp³-hybridized carbons (Fsp3) is 0.706. The molecule has 0 fully saturated rings. The van der Waals surface area contributed by atoms with Crippen LogP contribution < -0.4 is 0 Å². The molecule has 0 N–H and O–H groups in total. The average Bonchev–Trinajstić information content (AvgIpc) is 2.86. The number of hydrogen-bond acceptors (Lipinski definition) is 5. The fourth-order valence-corrected chi connectivity index (χ4v) is 2.85. The van der Waals surface area contributed by atoms with E-state index in [1.54, 1.807) is 24.9 Å². The molecule has 1 aromatic heterocycles. The maximum absolute atomic E-state index is 12.5. The minimum absolute atomic E-state index is 0.0404. The number of carbonyl (C=O) groups is 2. The van der Waals surface area contributed by atoms with Gasteiger partial charge < -0.3 is 9.47 Å². The average molecular weight is 337 g/mol. The van der Waals surface area contributed by atoms with Gasteiger partial charge in [0.2, 0.25) is 0 Å². The summed E-state index contributed by atoms with van der Waals surface area (Å²) in [6, 6.07) is -0.0404. The van der Waals surface area contributed by atoms with Gasteiger partial charge in [-0.05, 0) is 41.5 Å². The van der Waals surface area contributed by atoms with Crippen molar-refractivity contribution in [3.63, 3.8) is 0 Å². The Morgan fingerprint density at radius 3 is 2.42 bits per heavy atom. The summed E-state index contributed by atoms with van der Waals surface area (Å²) in [5, 5.41) is 4.39. The van der Waals surface area contributed by atoms with Gasteiger partial charge in [0.25, 0.3) is 0 Å². The Morgan fingerprint density at radius 1 is 1.25 bits per heavy atom. The van der Waals surface area contributed by atoms with Gasteiger partial charge in [0.05, 0.1) is 43.5 Å². The topological polar surface area (TPSA) is 73.7 Å². The highest BCUT2D eigenvalue weighted by molar-refractivity contribution is 5.82. The van der Waals surface area contributed by atoms with Gasteiger partial charge in [0.15, 0.2) is 0 Å². The second-order valence-corrected chi connectivity index (χ2v) is 7.76. The van der Waals surface area contributed by atoms with Crippen LogP contribution in [-0.4, -0.2) is 45.5 Å². The summed E-state index contributed by atoms with van der Waals surface area (Å²) in [5.41, 5.74) is 0.231. The number of nitrogens with zero attached hydrogens (tertiary/aromatic N) is 3. The number of amides is 1. The minimum atomic E-state index is -0.831. The van der Waals surface area contributed by atoms with Gasteiger partial charge in [-0.15, -0.1) is 0 Å². The predicted molar refractivity (Wildman–Crippen MR) is 88.5 cm³/mol. The number of aromatic nitrogens is 2. The van der Waals surface area contributed by atoms with E-state index in [2.05, 4.69) is 5.10 Å². The molecule has 0 saturated carbocycles. The summed E-state index contributed by atoms with van der Waals surface area (Å²) >= 11 is 0. The third-order valence-corrected chi connectivity index (χ3v) is 4.24. The summed E-state index contributed by atoms with van der Waals surface area (Å²) in [6.45, 7) is 12.0. The maximum Gasteiger partial charge on any atom is 0.410 e. The predicted octanol–water partition coefficient (Wildman–Crippen LogP) is 2.47. The Hall–Kier alpha value is -2.05. The summed E-state index contributed by atoms with van der Waals surface area (Å²) in [5.74, 6) is -0.333. The molecule has 24 heavy (non-hydrogen) atoms. The Bertz CT molecular complexity index is 643. The van der Waals surface area contributed by atoms with Gasteiger partial charge >= 0.3 is 12.1 Å². The molecule has 0 aromatic carbocycles. The number of rotatable bonds is 2. The van der Waals surface area contributed by atoms with E-state index in [1.807, 2.05) is 32.4 Å². The Balaban J connectivity index is 2.33. The molecule has 2 rings (SSSR count). The van der Waals surface area contributed by atoms with E-state index in [0.29, 0.717) is 13.1 Å². The molecule has 1 aliphatic heterocycles. The van der Waals surface area contributed by atoms with Gasteiger partial charge in [0.1, 0.15) is 5.60 Å². The SMILES string of the molecule is COC(=O)C(C)(C)c1cnn2c1CN(C(=O)OC(C)(C)C)[C@@H](C)C2. The largest absolute Gasteiger partial charge is 0.468 e. The monoisotopic (exact) mass is 337 g/mol. The van der Waals surface area contributed by atoms with Crippen molar-refractivity contribution in [2.24, 2.45) is 0 Å². The van der Waals surface area contributed by atoms with E-state index in [9.17, 15) is 9.59 Å². The molecule has 2 heterocycles. The third kappa shape index (κ3) is 3.39. The minimum Gasteiger partial charge on any atom is -0.468 e. The van der Waals surface area contributed by atoms with Crippen molar-refractivity contribution in [3.05, 3.63) is 17.5 Å². The van der Waals surface area contributed by atoms with Crippen molar-refractivity contribution in [2.45, 2.75) is 71.7 Å².